The van der Waals surface area contributed by atoms with Crippen molar-refractivity contribution in [2.75, 3.05) is 31.7 Å². The highest BCUT2D eigenvalue weighted by atomic mass is 79.9. The van der Waals surface area contributed by atoms with E-state index < -0.39 is 66.8 Å². The van der Waals surface area contributed by atoms with Crippen LogP contribution in [0.5, 0.6) is 0 Å². The summed E-state index contributed by atoms with van der Waals surface area (Å²) in [7, 11) is 1.26. The van der Waals surface area contributed by atoms with E-state index in [0.717, 1.165) is 4.68 Å². The average Bonchev–Trinajstić information content (AvgIpc) is 3.62. The number of amides is 2. The van der Waals surface area contributed by atoms with E-state index >= 15 is 0 Å². The molecule has 3 N–H and O–H groups in total. The highest BCUT2D eigenvalue weighted by Gasteiger charge is 2.52. The van der Waals surface area contributed by atoms with Crippen LogP contribution in [0.4, 0.5) is 14.5 Å². The number of benzene rings is 2. The van der Waals surface area contributed by atoms with Gasteiger partial charge in [0.05, 0.1) is 29.4 Å². The second-order valence-corrected chi connectivity index (χ2v) is 12.0. The lowest BCUT2D eigenvalue weighted by Crippen LogP contribution is -2.63. The van der Waals surface area contributed by atoms with Gasteiger partial charge in [0, 0.05) is 41.5 Å². The molecule has 2 aliphatic rings. The van der Waals surface area contributed by atoms with Crippen LogP contribution >= 0.6 is 39.1 Å². The van der Waals surface area contributed by atoms with E-state index in [9.17, 15) is 33.7 Å². The van der Waals surface area contributed by atoms with Gasteiger partial charge in [-0.05, 0) is 46.3 Å². The maximum atomic E-state index is 14.7. The van der Waals surface area contributed by atoms with E-state index in [0.29, 0.717) is 6.41 Å². The minimum absolute atomic E-state index is 0.0395. The number of aromatic nitrogens is 3. The largest absolute Gasteiger partial charge is 0.394 e. The summed E-state index contributed by atoms with van der Waals surface area (Å²) in [5.74, 6) is -3.09. The van der Waals surface area contributed by atoms with Crippen molar-refractivity contribution in [2.45, 2.75) is 42.6 Å². The highest BCUT2D eigenvalue weighted by Crippen LogP contribution is 2.37. The van der Waals surface area contributed by atoms with Crippen molar-refractivity contribution in [3.8, 4) is 11.3 Å². The summed E-state index contributed by atoms with van der Waals surface area (Å²) < 4.78 is 41.6. The minimum atomic E-state index is -1.53. The fourth-order valence-corrected chi connectivity index (χ4v) is 6.39. The van der Waals surface area contributed by atoms with Crippen molar-refractivity contribution in [2.24, 2.45) is 0 Å². The standard InChI is InChI=1S/C27H26BrCl2F2N5O7/c1-43-25-23(36-7-17(33-34-36)15-2-3-16(28)22(32)21(15)31)24(41)20(10-38)44-26(25)27(42)37(14-5-12(29)4-13(30)6-14)18-8-35(11-39)9-19(18)40/h2-7,11,18-20,23-26,38,40-41H,8-10H2,1H3/t18-,19-,20+,23-,24-,25+,26+/m0/s1. The lowest BCUT2D eigenvalue weighted by molar-refractivity contribution is -0.211. The van der Waals surface area contributed by atoms with Crippen LogP contribution in [0.2, 0.25) is 10.0 Å². The summed E-state index contributed by atoms with van der Waals surface area (Å²) in [6, 6.07) is 4.73. The zero-order chi connectivity index (χ0) is 31.9. The van der Waals surface area contributed by atoms with Gasteiger partial charge in [0.2, 0.25) is 6.41 Å². The Hall–Kier alpha value is -2.76. The third-order valence-electron chi connectivity index (χ3n) is 7.64. The molecular weight excluding hydrogens is 695 g/mol. The van der Waals surface area contributed by atoms with Crippen molar-refractivity contribution < 1.29 is 43.2 Å². The number of aliphatic hydroxyl groups excluding tert-OH is 3. The first-order valence-corrected chi connectivity index (χ1v) is 14.7. The summed E-state index contributed by atoms with van der Waals surface area (Å²) in [5.41, 5.74) is -0.108. The number of likely N-dealkylation sites (tertiary alicyclic amines) is 1. The van der Waals surface area contributed by atoms with Crippen LogP contribution in [-0.4, -0.2) is 111 Å². The Morgan fingerprint density at radius 3 is 2.52 bits per heavy atom. The molecule has 0 saturated carbocycles. The first-order chi connectivity index (χ1) is 21.0. The van der Waals surface area contributed by atoms with Crippen molar-refractivity contribution in [3.63, 3.8) is 0 Å². The monoisotopic (exact) mass is 719 g/mol. The van der Waals surface area contributed by atoms with Crippen LogP contribution in [0, 0.1) is 11.6 Å². The Morgan fingerprint density at radius 2 is 1.91 bits per heavy atom. The number of anilines is 1. The molecule has 3 aromatic rings. The Balaban J connectivity index is 1.56. The molecule has 0 radical (unpaired) electrons. The van der Waals surface area contributed by atoms with Gasteiger partial charge < -0.3 is 34.6 Å². The molecule has 0 bridgehead atoms. The van der Waals surface area contributed by atoms with E-state index in [1.54, 1.807) is 0 Å². The van der Waals surface area contributed by atoms with Gasteiger partial charge in [0.1, 0.15) is 30.0 Å². The fourth-order valence-electron chi connectivity index (χ4n) is 5.56. The number of halogens is 5. The molecule has 0 unspecified atom stereocenters. The second kappa shape index (κ2) is 13.3. The van der Waals surface area contributed by atoms with Gasteiger partial charge in [0.25, 0.3) is 5.91 Å². The first kappa shape index (κ1) is 32.6. The SMILES string of the molecule is CO[C@@H]1[C@@H](n2cc(-c3ccc(Br)c(F)c3F)nn2)[C@@H](O)[C@@H](CO)O[C@H]1C(=O)N(c1cc(Cl)cc(Cl)c1)[C@H]1CN(C=O)C[C@@H]1O. The molecule has 0 aliphatic carbocycles. The minimum Gasteiger partial charge on any atom is -0.394 e. The molecule has 1 aromatic heterocycles. The van der Waals surface area contributed by atoms with Crippen molar-refractivity contribution in [1.29, 1.82) is 0 Å². The maximum absolute atomic E-state index is 14.7. The van der Waals surface area contributed by atoms with Crippen LogP contribution in [0.25, 0.3) is 11.3 Å². The maximum Gasteiger partial charge on any atom is 0.259 e. The Kier molecular flexibility index (Phi) is 9.87. The van der Waals surface area contributed by atoms with Gasteiger partial charge in [-0.1, -0.05) is 28.4 Å². The number of methoxy groups -OCH3 is 1. The molecule has 12 nitrogen and oxygen atoms in total. The van der Waals surface area contributed by atoms with Gasteiger partial charge in [0.15, 0.2) is 17.7 Å². The molecule has 5 rings (SSSR count). The van der Waals surface area contributed by atoms with E-state index in [-0.39, 0.29) is 44.6 Å². The first-order valence-electron chi connectivity index (χ1n) is 13.2. The van der Waals surface area contributed by atoms with Crippen molar-refractivity contribution in [1.82, 2.24) is 19.9 Å². The lowest BCUT2D eigenvalue weighted by Gasteiger charge is -2.45. The van der Waals surface area contributed by atoms with Gasteiger partial charge in [-0.3, -0.25) is 9.59 Å². The lowest BCUT2D eigenvalue weighted by atomic mass is 9.91. The van der Waals surface area contributed by atoms with E-state index in [4.69, 9.17) is 32.7 Å². The van der Waals surface area contributed by atoms with Crippen molar-refractivity contribution >= 4 is 57.1 Å². The third kappa shape index (κ3) is 6.07. The van der Waals surface area contributed by atoms with E-state index in [1.807, 2.05) is 0 Å². The quantitative estimate of drug-likeness (QED) is 0.235. The average molecular weight is 721 g/mol. The summed E-state index contributed by atoms with van der Waals surface area (Å²) >= 11 is 15.4. The zero-order valence-corrected chi connectivity index (χ0v) is 25.9. The molecule has 0 spiro atoms. The third-order valence-corrected chi connectivity index (χ3v) is 8.69. The predicted octanol–water partition coefficient (Wildman–Crippen LogP) is 2.20. The Morgan fingerprint density at radius 1 is 1.20 bits per heavy atom. The molecule has 3 heterocycles. The summed E-state index contributed by atoms with van der Waals surface area (Å²) in [6.45, 7) is -0.816. The Bertz CT molecular complexity index is 1530. The van der Waals surface area contributed by atoms with Crippen LogP contribution in [0.3, 0.4) is 0 Å². The molecule has 44 heavy (non-hydrogen) atoms. The molecule has 236 valence electrons. The van der Waals surface area contributed by atoms with Gasteiger partial charge in [-0.15, -0.1) is 5.10 Å². The van der Waals surface area contributed by atoms with Crippen LogP contribution in [-0.2, 0) is 19.1 Å². The highest BCUT2D eigenvalue weighted by molar-refractivity contribution is 9.10. The second-order valence-electron chi connectivity index (χ2n) is 10.3. The topological polar surface area (TPSA) is 150 Å². The zero-order valence-electron chi connectivity index (χ0n) is 22.8. The number of aliphatic hydroxyl groups is 3. The summed E-state index contributed by atoms with van der Waals surface area (Å²) in [5, 5.41) is 40.5. The molecule has 2 aromatic carbocycles. The number of rotatable bonds is 8. The van der Waals surface area contributed by atoms with Gasteiger partial charge in [-0.2, -0.15) is 0 Å². The fraction of sp³-hybridized carbons (Fsp3) is 0.407. The molecular formula is C27H26BrCl2F2N5O7. The number of ether oxygens (including phenoxy) is 2. The molecule has 2 aliphatic heterocycles. The van der Waals surface area contributed by atoms with Gasteiger partial charge in [-0.25, -0.2) is 13.5 Å². The van der Waals surface area contributed by atoms with Gasteiger partial charge >= 0.3 is 0 Å². The molecule has 2 saturated heterocycles. The number of carbonyl (C=O) groups is 2. The molecule has 2 amide bonds. The van der Waals surface area contributed by atoms with Crippen LogP contribution in [0.15, 0.2) is 41.0 Å². The molecule has 2 fully saturated rings. The summed E-state index contributed by atoms with van der Waals surface area (Å²) in [4.78, 5) is 28.4. The van der Waals surface area contributed by atoms with Crippen LogP contribution < -0.4 is 4.90 Å². The molecule has 17 heteroatoms. The molecule has 7 atom stereocenters. The number of carbonyl (C=O) groups excluding carboxylic acids is 2. The Labute approximate surface area is 267 Å². The number of hydrogen-bond acceptors (Lipinski definition) is 9. The normalized spacial score (nSPS) is 27.0. The van der Waals surface area contributed by atoms with Crippen LogP contribution in [0.1, 0.15) is 6.04 Å². The number of nitrogens with zero attached hydrogens (tertiary/aromatic N) is 5. The van der Waals surface area contributed by atoms with E-state index in [2.05, 4.69) is 26.2 Å². The summed E-state index contributed by atoms with van der Waals surface area (Å²) in [6.07, 6.45) is -5.05. The number of hydrogen-bond donors (Lipinski definition) is 3. The van der Waals surface area contributed by atoms with Crippen molar-refractivity contribution in [3.05, 3.63) is 62.7 Å². The van der Waals surface area contributed by atoms with E-state index in [1.165, 1.54) is 53.4 Å². The smallest absolute Gasteiger partial charge is 0.259 e. The number of β-amino-alcohol motifs (C(OH)–C–C–N with tert-alkyl or cyclic N) is 1. The predicted molar refractivity (Wildman–Crippen MR) is 156 cm³/mol.